The molecule has 1 aliphatic heterocycles. The minimum atomic E-state index is -0.212. The van der Waals surface area contributed by atoms with Gasteiger partial charge in [0, 0.05) is 47.9 Å². The Labute approximate surface area is 309 Å². The Morgan fingerprint density at radius 2 is 1.67 bits per heavy atom. The molecule has 12 heteroatoms. The van der Waals surface area contributed by atoms with Crippen LogP contribution in [-0.4, -0.2) is 28.3 Å². The molecule has 2 aliphatic rings. The van der Waals surface area contributed by atoms with Gasteiger partial charge >= 0.3 is 0 Å². The van der Waals surface area contributed by atoms with Crippen LogP contribution in [0.4, 0.5) is 5.69 Å². The Kier molecular flexibility index (Phi) is 9.39. The molecule has 2 unspecified atom stereocenters. The standard InChI is InChI=1S/C37H29N6PS5/c1-4-11-42-26-15-24(13-20(17-38)28-9-7-22(6-3)46-28)48-36(26)30-32(40)33(41-45)31-35(34(30)42)43(12-5-2)27-16-25(49-37(27)31)14-21(18-39)29-10-8-23(19-44)47-29/h3,7-10,13-16,19,30,34,40,44-45H,4-5,11-12H2,1-2H3/b20-13+,21-14+,40-32?,41-33-. The molecule has 242 valence electrons. The zero-order valence-corrected chi connectivity index (χ0v) is 31.7. The third-order valence-corrected chi connectivity index (χ3v) is 13.8. The molecule has 0 saturated heterocycles. The molecule has 5 aromatic heterocycles. The summed E-state index contributed by atoms with van der Waals surface area (Å²) in [5.74, 6) is 4.30. The van der Waals surface area contributed by atoms with Crippen LogP contribution in [-0.2, 0) is 6.54 Å². The average Bonchev–Trinajstić information content (AvgIpc) is 3.95. The number of fused-ring (bicyclic) bond motifs is 7. The number of allylic oxidation sites excluding steroid dienone is 2. The molecule has 0 amide bonds. The van der Waals surface area contributed by atoms with Crippen molar-refractivity contribution in [1.29, 1.82) is 15.9 Å². The highest BCUT2D eigenvalue weighted by Gasteiger charge is 2.51. The Morgan fingerprint density at radius 1 is 0.980 bits per heavy atom. The van der Waals surface area contributed by atoms with Crippen molar-refractivity contribution in [3.63, 3.8) is 0 Å². The molecule has 0 fully saturated rings. The van der Waals surface area contributed by atoms with Gasteiger partial charge in [0.2, 0.25) is 0 Å². The molecule has 0 bridgehead atoms. The van der Waals surface area contributed by atoms with E-state index >= 15 is 0 Å². The molecule has 0 aromatic carbocycles. The highest BCUT2D eigenvalue weighted by molar-refractivity contribution is 7.79. The fraction of sp³-hybridized carbons (Fsp3) is 0.216. The highest BCUT2D eigenvalue weighted by atomic mass is 32.1. The first-order valence-electron chi connectivity index (χ1n) is 15.7. The summed E-state index contributed by atoms with van der Waals surface area (Å²) in [7, 11) is 3.45. The van der Waals surface area contributed by atoms with Gasteiger partial charge in [-0.05, 0) is 80.0 Å². The fourth-order valence-corrected chi connectivity index (χ4v) is 11.3. The molecule has 1 N–H and O–H groups in total. The van der Waals surface area contributed by atoms with E-state index in [4.69, 9.17) is 6.42 Å². The monoisotopic (exact) mass is 748 g/mol. The molecule has 6 heterocycles. The molecule has 0 radical (unpaired) electrons. The van der Waals surface area contributed by atoms with E-state index in [2.05, 4.69) is 79.6 Å². The predicted octanol–water partition coefficient (Wildman–Crippen LogP) is 10.4. The number of nitriles is 2. The summed E-state index contributed by atoms with van der Waals surface area (Å²) >= 11 is 10.8. The number of aryl methyl sites for hydroxylation is 1. The minimum absolute atomic E-state index is 0.0591. The zero-order valence-electron chi connectivity index (χ0n) is 26.6. The maximum absolute atomic E-state index is 10.1. The fourth-order valence-electron chi connectivity index (χ4n) is 6.86. The maximum atomic E-state index is 10.1. The lowest BCUT2D eigenvalue weighted by molar-refractivity contribution is 0.557. The molecule has 5 aromatic rings. The molecular formula is C37H29N6PS5. The zero-order chi connectivity index (χ0) is 34.4. The van der Waals surface area contributed by atoms with Crippen LogP contribution in [0.25, 0.3) is 33.5 Å². The number of terminal acetylenes is 1. The normalized spacial score (nSPS) is 17.9. The lowest BCUT2D eigenvalue weighted by Gasteiger charge is -2.36. The molecular weight excluding hydrogens is 720 g/mol. The van der Waals surface area contributed by atoms with Crippen LogP contribution in [0, 0.1) is 40.4 Å². The molecule has 0 spiro atoms. The second-order valence-electron chi connectivity index (χ2n) is 11.6. The van der Waals surface area contributed by atoms with Crippen LogP contribution >= 0.6 is 67.0 Å². The Hall–Kier alpha value is -3.98. The summed E-state index contributed by atoms with van der Waals surface area (Å²) < 4.78 is 7.97. The second-order valence-corrected chi connectivity index (χ2v) is 16.5. The summed E-state index contributed by atoms with van der Waals surface area (Å²) in [5, 5.41) is 29.7. The smallest absolute Gasteiger partial charge is 0.103 e. The topological polar surface area (TPSA) is 92.0 Å². The van der Waals surface area contributed by atoms with Crippen LogP contribution < -0.4 is 4.90 Å². The number of rotatable bonds is 9. The minimum Gasteiger partial charge on any atom is -0.361 e. The van der Waals surface area contributed by atoms with E-state index in [1.54, 1.807) is 34.0 Å². The number of hydrogen-bond acceptors (Lipinski definition) is 10. The number of nitrogens with zero attached hydrogens (tertiary/aromatic N) is 5. The van der Waals surface area contributed by atoms with E-state index in [1.165, 1.54) is 17.0 Å². The van der Waals surface area contributed by atoms with Crippen molar-refractivity contribution in [3.05, 3.63) is 81.8 Å². The third-order valence-electron chi connectivity index (χ3n) is 8.76. The van der Waals surface area contributed by atoms with Crippen molar-refractivity contribution in [3.8, 4) is 24.5 Å². The van der Waals surface area contributed by atoms with E-state index in [9.17, 15) is 15.9 Å². The van der Waals surface area contributed by atoms with Gasteiger partial charge in [-0.3, -0.25) is 0 Å². The van der Waals surface area contributed by atoms with Crippen molar-refractivity contribution in [2.75, 3.05) is 11.4 Å². The molecule has 2 atom stereocenters. The summed E-state index contributed by atoms with van der Waals surface area (Å²) in [6.07, 6.45) is 11.4. The van der Waals surface area contributed by atoms with Gasteiger partial charge in [-0.2, -0.15) is 10.5 Å². The number of thiol groups is 1. The lowest BCUT2D eigenvalue weighted by atomic mass is 9.81. The summed E-state index contributed by atoms with van der Waals surface area (Å²) in [6.45, 7) is 6.01. The first kappa shape index (κ1) is 33.5. The molecule has 1 aliphatic carbocycles. The average molecular weight is 749 g/mol. The Bertz CT molecular complexity index is 2390. The largest absolute Gasteiger partial charge is 0.361 e. The predicted molar refractivity (Wildman–Crippen MR) is 218 cm³/mol. The summed E-state index contributed by atoms with van der Waals surface area (Å²) in [4.78, 5) is 9.14. The van der Waals surface area contributed by atoms with Crippen LogP contribution in [0.15, 0.2) is 40.8 Å². The van der Waals surface area contributed by atoms with Crippen LogP contribution in [0.1, 0.15) is 84.0 Å². The molecule has 49 heavy (non-hydrogen) atoms. The first-order valence-corrected chi connectivity index (χ1v) is 19.9. The third kappa shape index (κ3) is 5.58. The van der Waals surface area contributed by atoms with E-state index in [0.717, 1.165) is 81.5 Å². The van der Waals surface area contributed by atoms with Crippen LogP contribution in [0.3, 0.4) is 0 Å². The quantitative estimate of drug-likeness (QED) is 0.0680. The van der Waals surface area contributed by atoms with Gasteiger partial charge in [-0.1, -0.05) is 19.8 Å². The van der Waals surface area contributed by atoms with Crippen molar-refractivity contribution in [2.45, 2.75) is 45.2 Å². The SMILES string of the molecule is C#Cc1ccc(/C(C#N)=C/c2cc3c(s2)C2C(=N)/C(=N\S)c4c(n(CCC)c5cc(/C=C(\C#N)c6ccc(C=P)s6)sc45)C2N3CCC)s1. The van der Waals surface area contributed by atoms with Crippen molar-refractivity contribution in [1.82, 2.24) is 4.57 Å². The second kappa shape index (κ2) is 13.7. The molecule has 7 rings (SSSR count). The van der Waals surface area contributed by atoms with Gasteiger partial charge in [-0.25, -0.2) is 4.40 Å². The van der Waals surface area contributed by atoms with Gasteiger partial charge in [0.25, 0.3) is 0 Å². The van der Waals surface area contributed by atoms with Crippen molar-refractivity contribution in [2.24, 2.45) is 4.40 Å². The van der Waals surface area contributed by atoms with Gasteiger partial charge in [0.1, 0.15) is 17.9 Å². The summed E-state index contributed by atoms with van der Waals surface area (Å²) in [6, 6.07) is 16.8. The summed E-state index contributed by atoms with van der Waals surface area (Å²) in [5.41, 5.74) is 6.61. The number of hydrogen-bond donors (Lipinski definition) is 2. The number of thiophene rings is 4. The Morgan fingerprint density at radius 3 is 2.29 bits per heavy atom. The lowest BCUT2D eigenvalue weighted by Crippen LogP contribution is -2.39. The van der Waals surface area contributed by atoms with Gasteiger partial charge < -0.3 is 14.9 Å². The van der Waals surface area contributed by atoms with Crippen LogP contribution in [0.2, 0.25) is 0 Å². The number of nitrogens with one attached hydrogen (secondary N) is 1. The maximum Gasteiger partial charge on any atom is 0.103 e. The highest BCUT2D eigenvalue weighted by Crippen LogP contribution is 2.58. The first-order chi connectivity index (χ1) is 23.9. The van der Waals surface area contributed by atoms with Crippen molar-refractivity contribution >= 4 is 123 Å². The molecule has 6 nitrogen and oxygen atoms in total. The van der Waals surface area contributed by atoms with E-state index < -0.39 is 0 Å². The van der Waals surface area contributed by atoms with Gasteiger partial charge in [0.15, 0.2) is 0 Å². The molecule has 0 saturated carbocycles. The number of anilines is 1. The van der Waals surface area contributed by atoms with Crippen molar-refractivity contribution < 1.29 is 0 Å². The number of aromatic nitrogens is 1. The Balaban J connectivity index is 1.37. The van der Waals surface area contributed by atoms with Crippen LogP contribution in [0.5, 0.6) is 0 Å². The van der Waals surface area contributed by atoms with E-state index in [-0.39, 0.29) is 12.0 Å². The van der Waals surface area contributed by atoms with Gasteiger partial charge in [-0.15, -0.1) is 60.6 Å². The van der Waals surface area contributed by atoms with E-state index in [0.29, 0.717) is 22.6 Å². The van der Waals surface area contributed by atoms with Gasteiger partial charge in [0.05, 0.1) is 55.3 Å². The van der Waals surface area contributed by atoms with E-state index in [1.807, 2.05) is 42.2 Å².